The number of nitrogens with zero attached hydrogens (tertiary/aromatic N) is 3. The second-order valence-electron chi connectivity index (χ2n) is 5.43. The average molecular weight is 369 g/mol. The predicted molar refractivity (Wildman–Crippen MR) is 98.0 cm³/mol. The Labute approximate surface area is 152 Å². The van der Waals surface area contributed by atoms with Gasteiger partial charge in [-0.2, -0.15) is 9.78 Å². The summed E-state index contributed by atoms with van der Waals surface area (Å²) in [5, 5.41) is 32.4. The van der Waals surface area contributed by atoms with Crippen LogP contribution in [0.2, 0.25) is 0 Å². The van der Waals surface area contributed by atoms with Crippen molar-refractivity contribution in [1.82, 2.24) is 9.78 Å². The molecule has 0 saturated heterocycles. The van der Waals surface area contributed by atoms with Crippen LogP contribution in [0.1, 0.15) is 11.1 Å². The molecule has 3 rings (SSSR count). The molecule has 0 aliphatic rings. The van der Waals surface area contributed by atoms with Gasteiger partial charge < -0.3 is 4.74 Å². The van der Waals surface area contributed by atoms with Gasteiger partial charge in [-0.25, -0.2) is 0 Å². The van der Waals surface area contributed by atoms with Crippen LogP contribution in [-0.2, 0) is 0 Å². The van der Waals surface area contributed by atoms with Crippen molar-refractivity contribution in [3.05, 3.63) is 68.5 Å². The second kappa shape index (κ2) is 6.89. The number of para-hydroxylation sites is 1. The minimum absolute atomic E-state index is 0.00318. The Morgan fingerprint density at radius 2 is 2.04 bits per heavy atom. The Bertz CT molecular complexity index is 1070. The van der Waals surface area contributed by atoms with Gasteiger partial charge in [0, 0.05) is 17.2 Å². The minimum atomic E-state index is -0.445. The van der Waals surface area contributed by atoms with Gasteiger partial charge in [0.1, 0.15) is 10.8 Å². The van der Waals surface area contributed by atoms with Crippen molar-refractivity contribution in [2.75, 3.05) is 7.11 Å². The highest BCUT2D eigenvalue weighted by molar-refractivity contribution is 7.12. The summed E-state index contributed by atoms with van der Waals surface area (Å²) in [4.78, 5) is 10.7. The van der Waals surface area contributed by atoms with Gasteiger partial charge in [-0.1, -0.05) is 35.6 Å². The van der Waals surface area contributed by atoms with E-state index in [4.69, 9.17) is 15.6 Å². The summed E-state index contributed by atoms with van der Waals surface area (Å²) in [5.41, 5.74) is 1.58. The van der Waals surface area contributed by atoms with E-state index in [1.807, 2.05) is 0 Å². The summed E-state index contributed by atoms with van der Waals surface area (Å²) in [6.07, 6.45) is 0. The van der Waals surface area contributed by atoms with E-state index < -0.39 is 4.92 Å². The minimum Gasteiger partial charge on any atom is -0.496 e. The molecule has 9 heteroatoms. The highest BCUT2D eigenvalue weighted by Crippen LogP contribution is 2.27. The summed E-state index contributed by atoms with van der Waals surface area (Å²) in [5.74, 6) is 0.501. The number of nitro benzene ring substituents is 1. The van der Waals surface area contributed by atoms with Gasteiger partial charge in [-0.15, -0.1) is 0 Å². The summed E-state index contributed by atoms with van der Waals surface area (Å²) < 4.78 is 6.44. The van der Waals surface area contributed by atoms with Crippen molar-refractivity contribution in [1.29, 1.82) is 10.8 Å². The molecule has 2 N–H and O–H groups in total. The zero-order chi connectivity index (χ0) is 18.8. The number of hydrogen-bond acceptors (Lipinski definition) is 7. The molecule has 1 heterocycles. The number of nitro groups is 1. The van der Waals surface area contributed by atoms with Crippen LogP contribution in [0.15, 0.2) is 42.5 Å². The third-order valence-corrected chi connectivity index (χ3v) is 4.68. The molecular formula is C17H15N5O3S. The fourth-order valence-electron chi connectivity index (χ4n) is 2.45. The maximum Gasteiger partial charge on any atom is 0.273 e. The summed E-state index contributed by atoms with van der Waals surface area (Å²) in [6, 6.07) is 11.8. The molecule has 0 spiro atoms. The van der Waals surface area contributed by atoms with E-state index in [-0.39, 0.29) is 16.3 Å². The molecule has 0 amide bonds. The number of hydrogen-bond donors (Lipinski definition) is 2. The first-order chi connectivity index (χ1) is 12.4. The number of aryl methyl sites for hydroxylation is 1. The van der Waals surface area contributed by atoms with Crippen molar-refractivity contribution in [2.24, 2.45) is 0 Å². The molecule has 0 radical (unpaired) electrons. The second-order valence-corrected chi connectivity index (χ2v) is 6.41. The molecule has 0 unspecified atom stereocenters. The zero-order valence-corrected chi connectivity index (χ0v) is 14.8. The fourth-order valence-corrected chi connectivity index (χ4v) is 3.22. The summed E-state index contributed by atoms with van der Waals surface area (Å²) in [7, 11) is 1.51. The number of rotatable bonds is 4. The number of nitrogens with one attached hydrogen (secondary N) is 2. The van der Waals surface area contributed by atoms with E-state index >= 15 is 0 Å². The van der Waals surface area contributed by atoms with Crippen molar-refractivity contribution in [3.8, 4) is 16.3 Å². The van der Waals surface area contributed by atoms with E-state index in [1.165, 1.54) is 17.9 Å². The Morgan fingerprint density at radius 3 is 2.73 bits per heavy atom. The summed E-state index contributed by atoms with van der Waals surface area (Å²) >= 11 is 1.04. The van der Waals surface area contributed by atoms with E-state index in [2.05, 4.69) is 5.10 Å². The normalized spacial score (nSPS) is 10.5. The smallest absolute Gasteiger partial charge is 0.273 e. The molecule has 8 nitrogen and oxygen atoms in total. The molecule has 0 fully saturated rings. The third-order valence-electron chi connectivity index (χ3n) is 3.80. The van der Waals surface area contributed by atoms with Crippen LogP contribution in [0.5, 0.6) is 5.75 Å². The van der Waals surface area contributed by atoms with Crippen LogP contribution < -0.4 is 9.54 Å². The lowest BCUT2D eigenvalue weighted by molar-refractivity contribution is -0.385. The molecule has 3 aromatic rings. The van der Waals surface area contributed by atoms with Gasteiger partial charge >= 0.3 is 0 Å². The average Bonchev–Trinajstić information content (AvgIpc) is 3.03. The molecule has 132 valence electrons. The van der Waals surface area contributed by atoms with Crippen molar-refractivity contribution in [3.63, 3.8) is 0 Å². The largest absolute Gasteiger partial charge is 0.496 e. The van der Waals surface area contributed by atoms with Gasteiger partial charge in [-0.05, 0) is 19.1 Å². The SMILES string of the molecule is COc1ccccc1C(=N)n1nc(-c2ccc(C)c([N+](=O)[O-])c2)sc1=N. The highest BCUT2D eigenvalue weighted by Gasteiger charge is 2.17. The van der Waals surface area contributed by atoms with Gasteiger partial charge in [0.25, 0.3) is 5.69 Å². The molecule has 0 saturated carbocycles. The van der Waals surface area contributed by atoms with E-state index in [0.29, 0.717) is 27.4 Å². The first kappa shape index (κ1) is 17.5. The lowest BCUT2D eigenvalue weighted by Crippen LogP contribution is -2.24. The van der Waals surface area contributed by atoms with Gasteiger partial charge in [-0.3, -0.25) is 20.9 Å². The van der Waals surface area contributed by atoms with Crippen LogP contribution in [-0.4, -0.2) is 27.6 Å². The standard InChI is InChI=1S/C17H15N5O3S/c1-10-7-8-11(9-13(10)22(23)24)16-20-21(17(19)26-16)15(18)12-5-3-4-6-14(12)25-2/h3-9,18-19H,1-2H3. The number of benzene rings is 2. The quantitative estimate of drug-likeness (QED) is 0.318. The zero-order valence-electron chi connectivity index (χ0n) is 14.0. The molecule has 2 aromatic carbocycles. The van der Waals surface area contributed by atoms with Crippen LogP contribution in [0.3, 0.4) is 0 Å². The third kappa shape index (κ3) is 3.11. The molecule has 26 heavy (non-hydrogen) atoms. The number of ether oxygens (including phenoxy) is 1. The van der Waals surface area contributed by atoms with Gasteiger partial charge in [0.2, 0.25) is 4.80 Å². The maximum atomic E-state index is 11.1. The predicted octanol–water partition coefficient (Wildman–Crippen LogP) is 3.19. The van der Waals surface area contributed by atoms with E-state index in [0.717, 1.165) is 11.3 Å². The van der Waals surface area contributed by atoms with Crippen LogP contribution in [0.4, 0.5) is 5.69 Å². The molecule has 0 aliphatic heterocycles. The number of methoxy groups -OCH3 is 1. The van der Waals surface area contributed by atoms with Crippen LogP contribution in [0.25, 0.3) is 10.6 Å². The van der Waals surface area contributed by atoms with Gasteiger partial charge in [0.15, 0.2) is 5.84 Å². The molecule has 1 aromatic heterocycles. The van der Waals surface area contributed by atoms with Crippen LogP contribution >= 0.6 is 11.3 Å². The highest BCUT2D eigenvalue weighted by atomic mass is 32.1. The van der Waals surface area contributed by atoms with E-state index in [1.54, 1.807) is 43.3 Å². The molecule has 0 aliphatic carbocycles. The monoisotopic (exact) mass is 369 g/mol. The lowest BCUT2D eigenvalue weighted by atomic mass is 10.1. The van der Waals surface area contributed by atoms with E-state index in [9.17, 15) is 10.1 Å². The molecular weight excluding hydrogens is 354 g/mol. The van der Waals surface area contributed by atoms with Crippen molar-refractivity contribution < 1.29 is 9.66 Å². The topological polar surface area (TPSA) is 118 Å². The molecule has 0 atom stereocenters. The van der Waals surface area contributed by atoms with Crippen LogP contribution in [0, 0.1) is 27.9 Å². The number of aromatic nitrogens is 2. The maximum absolute atomic E-state index is 11.1. The Morgan fingerprint density at radius 1 is 1.31 bits per heavy atom. The Hall–Kier alpha value is -3.33. The lowest BCUT2D eigenvalue weighted by Gasteiger charge is -2.08. The molecule has 0 bridgehead atoms. The van der Waals surface area contributed by atoms with Gasteiger partial charge in [0.05, 0.1) is 17.6 Å². The first-order valence-electron chi connectivity index (χ1n) is 7.55. The fraction of sp³-hybridized carbons (Fsp3) is 0.118. The van der Waals surface area contributed by atoms with Crippen molar-refractivity contribution in [2.45, 2.75) is 6.92 Å². The Kier molecular flexibility index (Phi) is 4.63. The first-order valence-corrected chi connectivity index (χ1v) is 8.36. The Balaban J connectivity index is 2.05. The van der Waals surface area contributed by atoms with Crippen molar-refractivity contribution >= 4 is 22.9 Å². The summed E-state index contributed by atoms with van der Waals surface area (Å²) in [6.45, 7) is 1.66.